The number of para-hydroxylation sites is 4. The number of hydrogen-bond acceptors (Lipinski definition) is 4. The molecule has 0 atom stereocenters. The van der Waals surface area contributed by atoms with E-state index in [-0.39, 0.29) is 0 Å². The van der Waals surface area contributed by atoms with E-state index in [9.17, 15) is 0 Å². The lowest BCUT2D eigenvalue weighted by Crippen LogP contribution is -1.77. The van der Waals surface area contributed by atoms with E-state index >= 15 is 0 Å². The van der Waals surface area contributed by atoms with E-state index in [4.69, 9.17) is 19.9 Å². The molecule has 9 aromatic rings. The monoisotopic (exact) mass is 464 g/mol. The first-order valence-corrected chi connectivity index (χ1v) is 11.8. The molecule has 0 unspecified atom stereocenters. The highest BCUT2D eigenvalue weighted by molar-refractivity contribution is 6.12. The normalized spacial score (nSPS) is 12.4. The number of aromatic nitrogens is 8. The summed E-state index contributed by atoms with van der Waals surface area (Å²) >= 11 is 0. The van der Waals surface area contributed by atoms with Crippen LogP contribution in [0.2, 0.25) is 0 Å². The second kappa shape index (κ2) is 6.25. The van der Waals surface area contributed by atoms with Crippen molar-refractivity contribution in [3.8, 4) is 0 Å². The minimum absolute atomic E-state index is 0.769. The molecule has 8 nitrogen and oxygen atoms in total. The lowest BCUT2D eigenvalue weighted by Gasteiger charge is -1.91. The molecule has 0 saturated heterocycles. The van der Waals surface area contributed by atoms with Crippen LogP contribution in [0, 0.1) is 0 Å². The largest absolute Gasteiger partial charge is 0.338 e. The zero-order valence-electron chi connectivity index (χ0n) is 18.7. The smallest absolute Gasteiger partial charge is 0.140 e. The Morgan fingerprint density at radius 2 is 0.583 bits per heavy atom. The highest BCUT2D eigenvalue weighted by Gasteiger charge is 2.13. The molecule has 0 aliphatic heterocycles. The molecule has 8 bridgehead atoms. The molecule has 0 amide bonds. The molecule has 0 aliphatic carbocycles. The molecule has 168 valence electrons. The summed E-state index contributed by atoms with van der Waals surface area (Å²) in [7, 11) is 0. The molecule has 9 rings (SSSR count). The van der Waals surface area contributed by atoms with E-state index in [1.54, 1.807) is 0 Å². The van der Waals surface area contributed by atoms with E-state index < -0.39 is 0 Å². The van der Waals surface area contributed by atoms with Crippen molar-refractivity contribution in [1.29, 1.82) is 0 Å². The summed E-state index contributed by atoms with van der Waals surface area (Å²) in [4.78, 5) is 34.2. The molecule has 0 spiro atoms. The number of benzene rings is 4. The molecular formula is C28H16N8. The SMILES string of the molecule is c1cc2[nH]c3nc2c(c1)c1nc2c(cccc2c2nc4c(cccc4c4nc5c(cccc35)[nH]4)[nH]2)[nH]1. The van der Waals surface area contributed by atoms with Crippen LogP contribution in [0.25, 0.3) is 88.3 Å². The lowest BCUT2D eigenvalue weighted by molar-refractivity contribution is 1.45. The van der Waals surface area contributed by atoms with Crippen LogP contribution in [0.1, 0.15) is 0 Å². The van der Waals surface area contributed by atoms with Gasteiger partial charge in [-0.05, 0) is 48.5 Å². The highest BCUT2D eigenvalue weighted by atomic mass is 15.0. The number of nitrogens with zero attached hydrogens (tertiary/aromatic N) is 4. The van der Waals surface area contributed by atoms with Crippen molar-refractivity contribution in [2.45, 2.75) is 0 Å². The van der Waals surface area contributed by atoms with Crippen molar-refractivity contribution in [1.82, 2.24) is 39.9 Å². The highest BCUT2D eigenvalue weighted by Crippen LogP contribution is 2.30. The van der Waals surface area contributed by atoms with E-state index in [1.807, 2.05) is 72.8 Å². The Hall–Kier alpha value is -5.24. The minimum atomic E-state index is 0.769. The maximum absolute atomic E-state index is 5.04. The molecule has 5 aromatic heterocycles. The first-order chi connectivity index (χ1) is 17.8. The third-order valence-corrected chi connectivity index (χ3v) is 7.07. The van der Waals surface area contributed by atoms with Crippen LogP contribution in [-0.2, 0) is 0 Å². The van der Waals surface area contributed by atoms with Crippen LogP contribution in [0.4, 0.5) is 0 Å². The van der Waals surface area contributed by atoms with Crippen LogP contribution in [0.15, 0.2) is 72.8 Å². The summed E-state index contributed by atoms with van der Waals surface area (Å²) in [6.07, 6.45) is 0. The molecule has 0 saturated carbocycles. The molecule has 0 aliphatic rings. The first kappa shape index (κ1) is 18.1. The summed E-state index contributed by atoms with van der Waals surface area (Å²) in [5.74, 6) is 0. The van der Waals surface area contributed by atoms with Gasteiger partial charge in [0, 0.05) is 21.5 Å². The van der Waals surface area contributed by atoms with Gasteiger partial charge in [-0.3, -0.25) is 0 Å². The van der Waals surface area contributed by atoms with Gasteiger partial charge in [-0.15, -0.1) is 0 Å². The van der Waals surface area contributed by atoms with Gasteiger partial charge in [0.15, 0.2) is 0 Å². The maximum atomic E-state index is 5.04. The average Bonchev–Trinajstić information content (AvgIpc) is 3.69. The molecule has 8 heteroatoms. The van der Waals surface area contributed by atoms with Crippen molar-refractivity contribution in [2.75, 3.05) is 0 Å². The van der Waals surface area contributed by atoms with E-state index in [0.29, 0.717) is 0 Å². The van der Waals surface area contributed by atoms with E-state index in [1.165, 1.54) is 0 Å². The van der Waals surface area contributed by atoms with Gasteiger partial charge in [-0.2, -0.15) is 0 Å². The zero-order chi connectivity index (χ0) is 23.4. The molecule has 4 N–H and O–H groups in total. The van der Waals surface area contributed by atoms with Crippen molar-refractivity contribution < 1.29 is 0 Å². The van der Waals surface area contributed by atoms with Crippen LogP contribution in [-0.4, -0.2) is 39.9 Å². The Labute approximate surface area is 201 Å². The lowest BCUT2D eigenvalue weighted by atomic mass is 10.2. The predicted molar refractivity (Wildman–Crippen MR) is 144 cm³/mol. The number of nitrogens with one attached hydrogen (secondary N) is 4. The fraction of sp³-hybridized carbons (Fsp3) is 0. The number of hydrogen-bond donors (Lipinski definition) is 4. The van der Waals surface area contributed by atoms with Crippen LogP contribution in [0.3, 0.4) is 0 Å². The number of aromatic amines is 4. The molecule has 0 radical (unpaired) electrons. The predicted octanol–water partition coefficient (Wildman–Crippen LogP) is 6.37. The third kappa shape index (κ3) is 2.27. The van der Waals surface area contributed by atoms with Gasteiger partial charge < -0.3 is 19.9 Å². The van der Waals surface area contributed by atoms with Gasteiger partial charge in [-0.1, -0.05) is 24.3 Å². The fourth-order valence-electron chi connectivity index (χ4n) is 5.40. The standard InChI is InChI=1S/C28H16N8/c1-5-13-21-17(9-1)29-26(33-21)14-6-2-11-19-23(14)35-28(31-19)16-8-4-12-20-24(16)36-27(32-20)15-7-3-10-18-22(15)34-25(13)30-18/h1-12H,(H,29,33)(H,30,34)(H,31,35)(H,32,36). The van der Waals surface area contributed by atoms with Crippen molar-refractivity contribution in [3.05, 3.63) is 72.8 Å². The average molecular weight is 464 g/mol. The van der Waals surface area contributed by atoms with Gasteiger partial charge >= 0.3 is 0 Å². The summed E-state index contributed by atoms with van der Waals surface area (Å²) in [6, 6.07) is 24.5. The second-order valence-electron chi connectivity index (χ2n) is 9.15. The third-order valence-electron chi connectivity index (χ3n) is 7.07. The summed E-state index contributed by atoms with van der Waals surface area (Å²) in [5.41, 5.74) is 10.3. The van der Waals surface area contributed by atoms with Crippen molar-refractivity contribution >= 4 is 88.3 Å². The maximum Gasteiger partial charge on any atom is 0.140 e. The van der Waals surface area contributed by atoms with Crippen molar-refractivity contribution in [3.63, 3.8) is 0 Å². The Balaban J connectivity index is 1.64. The van der Waals surface area contributed by atoms with Crippen LogP contribution in [0.5, 0.6) is 0 Å². The minimum Gasteiger partial charge on any atom is -0.338 e. The van der Waals surface area contributed by atoms with Crippen LogP contribution >= 0.6 is 0 Å². The molecule has 0 fully saturated rings. The fourth-order valence-corrected chi connectivity index (χ4v) is 5.40. The number of rotatable bonds is 0. The summed E-state index contributed by atoms with van der Waals surface area (Å²) < 4.78 is 0. The quantitative estimate of drug-likeness (QED) is 0.209. The van der Waals surface area contributed by atoms with Crippen LogP contribution < -0.4 is 0 Å². The van der Waals surface area contributed by atoms with E-state index in [2.05, 4.69) is 19.9 Å². The van der Waals surface area contributed by atoms with Gasteiger partial charge in [0.1, 0.15) is 22.6 Å². The van der Waals surface area contributed by atoms with Gasteiger partial charge in [0.25, 0.3) is 0 Å². The topological polar surface area (TPSA) is 115 Å². The molecule has 5 heterocycles. The molecular weight excluding hydrogens is 448 g/mol. The van der Waals surface area contributed by atoms with E-state index in [0.717, 1.165) is 88.3 Å². The Morgan fingerprint density at radius 3 is 0.833 bits per heavy atom. The second-order valence-corrected chi connectivity index (χ2v) is 9.15. The number of fused-ring (bicyclic) bond motifs is 8. The van der Waals surface area contributed by atoms with Gasteiger partial charge in [0.05, 0.1) is 44.1 Å². The Kier molecular flexibility index (Phi) is 3.15. The zero-order valence-corrected chi connectivity index (χ0v) is 18.7. The summed E-state index contributed by atoms with van der Waals surface area (Å²) in [6.45, 7) is 0. The Bertz CT molecular complexity index is 2040. The number of imidazole rings is 4. The van der Waals surface area contributed by atoms with Crippen molar-refractivity contribution in [2.24, 2.45) is 0 Å². The van der Waals surface area contributed by atoms with Gasteiger partial charge in [0.2, 0.25) is 0 Å². The first-order valence-electron chi connectivity index (χ1n) is 11.8. The van der Waals surface area contributed by atoms with Gasteiger partial charge in [-0.25, -0.2) is 19.9 Å². The number of H-pyrrole nitrogens is 4. The molecule has 4 aromatic carbocycles. The Morgan fingerprint density at radius 1 is 0.333 bits per heavy atom. The summed E-state index contributed by atoms with van der Waals surface area (Å²) in [5, 5.41) is 3.74. The molecule has 36 heavy (non-hydrogen) atoms.